The molecule has 1 saturated heterocycles. The van der Waals surface area contributed by atoms with Crippen molar-refractivity contribution in [2.75, 3.05) is 0 Å². The summed E-state index contributed by atoms with van der Waals surface area (Å²) in [6, 6.07) is 12.1. The standard InChI is InChI=1S/C16H21BrOSi/c1-4-19(5-2,6-3)12-11-15-16(18-15)13-7-9-14(17)10-8-13/h7-10,15-16H,4-6H2,1-3H3/t15-,16+/m0/s1. The predicted molar refractivity (Wildman–Crippen MR) is 86.7 cm³/mol. The van der Waals surface area contributed by atoms with Crippen LogP contribution < -0.4 is 0 Å². The Kier molecular flexibility index (Phi) is 4.89. The second-order valence-electron chi connectivity index (χ2n) is 5.14. The quantitative estimate of drug-likeness (QED) is 0.431. The highest BCUT2D eigenvalue weighted by Crippen LogP contribution is 2.38. The fourth-order valence-electron chi connectivity index (χ4n) is 2.37. The Bertz CT molecular complexity index is 473. The van der Waals surface area contributed by atoms with Crippen LogP contribution in [0.25, 0.3) is 0 Å². The third kappa shape index (κ3) is 3.50. The molecule has 19 heavy (non-hydrogen) atoms. The molecule has 0 saturated carbocycles. The van der Waals surface area contributed by atoms with Crippen molar-refractivity contribution >= 4 is 24.0 Å². The number of hydrogen-bond acceptors (Lipinski definition) is 1. The normalized spacial score (nSPS) is 21.7. The van der Waals surface area contributed by atoms with Crippen LogP contribution in [0.1, 0.15) is 32.4 Å². The van der Waals surface area contributed by atoms with Gasteiger partial charge in [0.2, 0.25) is 0 Å². The molecule has 2 rings (SSSR count). The third-order valence-electron chi connectivity index (χ3n) is 4.20. The number of halogens is 1. The molecule has 0 bridgehead atoms. The first-order valence-corrected chi connectivity index (χ1v) is 10.5. The van der Waals surface area contributed by atoms with E-state index in [1.165, 1.54) is 23.7 Å². The van der Waals surface area contributed by atoms with Crippen LogP contribution >= 0.6 is 15.9 Å². The van der Waals surface area contributed by atoms with E-state index in [1.54, 1.807) is 0 Å². The van der Waals surface area contributed by atoms with Gasteiger partial charge in [0.1, 0.15) is 20.3 Å². The fourth-order valence-corrected chi connectivity index (χ4v) is 5.11. The zero-order valence-corrected chi connectivity index (χ0v) is 14.5. The SMILES string of the molecule is CC[Si](C#C[C@@H]1O[C@@H]1c1ccc(Br)cc1)(CC)CC. The van der Waals surface area contributed by atoms with Crippen LogP contribution in [0.4, 0.5) is 0 Å². The van der Waals surface area contributed by atoms with Crippen LogP contribution in [-0.2, 0) is 4.74 Å². The van der Waals surface area contributed by atoms with E-state index in [-0.39, 0.29) is 12.2 Å². The summed E-state index contributed by atoms with van der Waals surface area (Å²) < 4.78 is 6.81. The molecule has 0 aromatic heterocycles. The molecule has 1 aliphatic rings. The Morgan fingerprint density at radius 2 is 1.68 bits per heavy atom. The zero-order chi connectivity index (χ0) is 13.9. The molecule has 3 heteroatoms. The molecule has 1 aromatic carbocycles. The first-order valence-electron chi connectivity index (χ1n) is 7.07. The monoisotopic (exact) mass is 336 g/mol. The number of ether oxygens (including phenoxy) is 1. The van der Waals surface area contributed by atoms with Crippen molar-refractivity contribution < 1.29 is 4.74 Å². The lowest BCUT2D eigenvalue weighted by Gasteiger charge is -2.19. The summed E-state index contributed by atoms with van der Waals surface area (Å²) in [5, 5.41) is 0. The highest BCUT2D eigenvalue weighted by molar-refractivity contribution is 9.10. The van der Waals surface area contributed by atoms with Gasteiger partial charge in [0, 0.05) is 4.47 Å². The minimum absolute atomic E-state index is 0.123. The van der Waals surface area contributed by atoms with E-state index in [0.29, 0.717) is 0 Å². The molecule has 0 spiro atoms. The predicted octanol–water partition coefficient (Wildman–Crippen LogP) is 4.94. The Morgan fingerprint density at radius 3 is 2.21 bits per heavy atom. The molecule has 1 nitrogen and oxygen atoms in total. The van der Waals surface area contributed by atoms with E-state index < -0.39 is 8.07 Å². The van der Waals surface area contributed by atoms with E-state index in [1.807, 2.05) is 0 Å². The number of benzene rings is 1. The number of rotatable bonds is 4. The Labute approximate surface area is 125 Å². The maximum atomic E-state index is 5.71. The number of epoxide rings is 1. The van der Waals surface area contributed by atoms with Gasteiger partial charge in [0.15, 0.2) is 0 Å². The van der Waals surface area contributed by atoms with Crippen molar-refractivity contribution in [1.29, 1.82) is 0 Å². The van der Waals surface area contributed by atoms with Gasteiger partial charge >= 0.3 is 0 Å². The number of hydrogen-bond donors (Lipinski definition) is 0. The second kappa shape index (κ2) is 6.26. The van der Waals surface area contributed by atoms with Crippen LogP contribution in [0.2, 0.25) is 18.1 Å². The fraction of sp³-hybridized carbons (Fsp3) is 0.500. The lowest BCUT2D eigenvalue weighted by atomic mass is 10.1. The molecule has 1 aliphatic heterocycles. The molecule has 2 atom stereocenters. The van der Waals surface area contributed by atoms with E-state index in [2.05, 4.69) is 72.4 Å². The van der Waals surface area contributed by atoms with Gasteiger partial charge in [-0.2, -0.15) is 0 Å². The van der Waals surface area contributed by atoms with Crippen molar-refractivity contribution in [3.05, 3.63) is 34.3 Å². The van der Waals surface area contributed by atoms with Crippen LogP contribution in [0.3, 0.4) is 0 Å². The van der Waals surface area contributed by atoms with Gasteiger partial charge < -0.3 is 4.74 Å². The third-order valence-corrected chi connectivity index (χ3v) is 9.46. The first kappa shape index (κ1) is 14.8. The van der Waals surface area contributed by atoms with Gasteiger partial charge in [-0.15, -0.1) is 5.54 Å². The molecule has 0 amide bonds. The Hall–Kier alpha value is -0.563. The smallest absolute Gasteiger partial charge is 0.148 e. The van der Waals surface area contributed by atoms with Gasteiger partial charge in [-0.25, -0.2) is 0 Å². The van der Waals surface area contributed by atoms with Crippen LogP contribution in [0.5, 0.6) is 0 Å². The zero-order valence-electron chi connectivity index (χ0n) is 11.9. The molecule has 0 radical (unpaired) electrons. The van der Waals surface area contributed by atoms with Gasteiger partial charge in [0.25, 0.3) is 0 Å². The summed E-state index contributed by atoms with van der Waals surface area (Å²) >= 11 is 3.45. The molecular formula is C16H21BrOSi. The maximum absolute atomic E-state index is 5.71. The largest absolute Gasteiger partial charge is 0.351 e. The van der Waals surface area contributed by atoms with Gasteiger partial charge in [-0.05, 0) is 35.8 Å². The minimum Gasteiger partial charge on any atom is -0.351 e. The molecule has 0 unspecified atom stereocenters. The van der Waals surface area contributed by atoms with Crippen molar-refractivity contribution in [1.82, 2.24) is 0 Å². The summed E-state index contributed by atoms with van der Waals surface area (Å²) in [5.41, 5.74) is 4.85. The van der Waals surface area contributed by atoms with E-state index in [9.17, 15) is 0 Å². The average Bonchev–Trinajstić information content (AvgIpc) is 3.21. The molecule has 102 valence electrons. The van der Waals surface area contributed by atoms with Crippen LogP contribution in [0, 0.1) is 11.5 Å². The van der Waals surface area contributed by atoms with Gasteiger partial charge in [0.05, 0.1) is 0 Å². The highest BCUT2D eigenvalue weighted by atomic mass is 79.9. The van der Waals surface area contributed by atoms with Gasteiger partial charge in [-0.3, -0.25) is 0 Å². The minimum atomic E-state index is -1.33. The van der Waals surface area contributed by atoms with Crippen LogP contribution in [0.15, 0.2) is 28.7 Å². The summed E-state index contributed by atoms with van der Waals surface area (Å²) in [7, 11) is -1.33. The molecule has 0 aliphatic carbocycles. The summed E-state index contributed by atoms with van der Waals surface area (Å²) in [6.07, 6.45) is 0.315. The van der Waals surface area contributed by atoms with Gasteiger partial charge in [-0.1, -0.05) is 54.8 Å². The van der Waals surface area contributed by atoms with Crippen molar-refractivity contribution in [2.45, 2.75) is 51.1 Å². The Balaban J connectivity index is 2.02. The summed E-state index contributed by atoms with van der Waals surface area (Å²) in [4.78, 5) is 0. The van der Waals surface area contributed by atoms with Crippen molar-refractivity contribution in [3.63, 3.8) is 0 Å². The first-order chi connectivity index (χ1) is 9.14. The van der Waals surface area contributed by atoms with E-state index in [4.69, 9.17) is 4.74 Å². The molecule has 1 heterocycles. The highest BCUT2D eigenvalue weighted by Gasteiger charge is 2.39. The van der Waals surface area contributed by atoms with Crippen molar-refractivity contribution in [3.8, 4) is 11.5 Å². The van der Waals surface area contributed by atoms with E-state index in [0.717, 1.165) is 4.47 Å². The molecule has 1 aromatic rings. The lowest BCUT2D eigenvalue weighted by Crippen LogP contribution is -2.29. The maximum Gasteiger partial charge on any atom is 0.148 e. The van der Waals surface area contributed by atoms with E-state index >= 15 is 0 Å². The summed E-state index contributed by atoms with van der Waals surface area (Å²) in [6.45, 7) is 6.86. The van der Waals surface area contributed by atoms with Crippen LogP contribution in [-0.4, -0.2) is 14.2 Å². The topological polar surface area (TPSA) is 12.5 Å². The second-order valence-corrected chi connectivity index (χ2v) is 11.0. The summed E-state index contributed by atoms with van der Waals surface area (Å²) in [5.74, 6) is 3.39. The molecular weight excluding hydrogens is 316 g/mol. The Morgan fingerprint density at radius 1 is 1.11 bits per heavy atom. The average molecular weight is 337 g/mol. The van der Waals surface area contributed by atoms with Crippen molar-refractivity contribution in [2.24, 2.45) is 0 Å². The lowest BCUT2D eigenvalue weighted by molar-refractivity contribution is 0.397. The molecule has 0 N–H and O–H groups in total. The molecule has 1 fully saturated rings.